The van der Waals surface area contributed by atoms with Crippen molar-refractivity contribution >= 4 is 0 Å². The molecule has 0 radical (unpaired) electrons. The lowest BCUT2D eigenvalue weighted by molar-refractivity contribution is 0.255. The number of aliphatic hydroxyl groups excluding tert-OH is 1. The molecule has 0 aliphatic heterocycles. The largest absolute Gasteiger partial charge is 0.491 e. The average Bonchev–Trinajstić information content (AvgIpc) is 2.84. The number of hydrogen-bond acceptors (Lipinski definition) is 3. The number of ether oxygens (including phenoxy) is 1. The zero-order chi connectivity index (χ0) is 12.1. The van der Waals surface area contributed by atoms with E-state index in [4.69, 9.17) is 9.84 Å². The minimum Gasteiger partial charge on any atom is -0.491 e. The molecule has 1 aromatic carbocycles. The summed E-state index contributed by atoms with van der Waals surface area (Å²) in [7, 11) is 0. The highest BCUT2D eigenvalue weighted by Gasteiger charge is 2.04. The minimum absolute atomic E-state index is 0.241. The lowest BCUT2D eigenvalue weighted by atomic mass is 10.2. The maximum Gasteiger partial charge on any atom is 0.125 e. The Balaban J connectivity index is 1.94. The van der Waals surface area contributed by atoms with Gasteiger partial charge in [0.15, 0.2) is 0 Å². The summed E-state index contributed by atoms with van der Waals surface area (Å²) in [6.07, 6.45) is 3.53. The van der Waals surface area contributed by atoms with Gasteiger partial charge in [0.25, 0.3) is 0 Å². The Kier molecular flexibility index (Phi) is 3.72. The van der Waals surface area contributed by atoms with E-state index in [1.165, 1.54) is 18.2 Å². The van der Waals surface area contributed by atoms with Gasteiger partial charge in [0.2, 0.25) is 0 Å². The van der Waals surface area contributed by atoms with Crippen LogP contribution in [0.1, 0.15) is 5.56 Å². The highest BCUT2D eigenvalue weighted by molar-refractivity contribution is 5.33. The summed E-state index contributed by atoms with van der Waals surface area (Å²) < 4.78 is 20.1. The number of hydrogen-bond donors (Lipinski definition) is 1. The fraction of sp³-hybridized carbons (Fsp3) is 0.250. The summed E-state index contributed by atoms with van der Waals surface area (Å²) in [5, 5.41) is 13.1. The first-order valence-electron chi connectivity index (χ1n) is 5.29. The van der Waals surface area contributed by atoms with Crippen LogP contribution in [0.4, 0.5) is 4.39 Å². The molecule has 0 saturated heterocycles. The van der Waals surface area contributed by atoms with Crippen molar-refractivity contribution in [1.29, 1.82) is 0 Å². The first kappa shape index (κ1) is 11.6. The van der Waals surface area contributed by atoms with Crippen molar-refractivity contribution in [1.82, 2.24) is 9.78 Å². The van der Waals surface area contributed by atoms with Crippen LogP contribution in [0.15, 0.2) is 36.7 Å². The summed E-state index contributed by atoms with van der Waals surface area (Å²) in [5.41, 5.74) is 0.450. The number of aliphatic hydroxyl groups is 1. The molecular weight excluding hydrogens is 223 g/mol. The molecule has 17 heavy (non-hydrogen) atoms. The van der Waals surface area contributed by atoms with Gasteiger partial charge in [0.1, 0.15) is 18.2 Å². The predicted octanol–water partition coefficient (Wildman–Crippen LogP) is 1.59. The van der Waals surface area contributed by atoms with Crippen LogP contribution in [-0.2, 0) is 13.2 Å². The molecule has 90 valence electrons. The van der Waals surface area contributed by atoms with Gasteiger partial charge in [0.05, 0.1) is 13.2 Å². The molecule has 0 atom stereocenters. The first-order valence-corrected chi connectivity index (χ1v) is 5.29. The molecule has 4 nitrogen and oxygen atoms in total. The van der Waals surface area contributed by atoms with E-state index in [-0.39, 0.29) is 12.4 Å². The van der Waals surface area contributed by atoms with Gasteiger partial charge < -0.3 is 9.84 Å². The molecule has 0 fully saturated rings. The van der Waals surface area contributed by atoms with Gasteiger partial charge in [-0.3, -0.25) is 4.68 Å². The van der Waals surface area contributed by atoms with Crippen LogP contribution in [0.3, 0.4) is 0 Å². The van der Waals surface area contributed by atoms with Crippen LogP contribution in [0.2, 0.25) is 0 Å². The third kappa shape index (κ3) is 3.04. The van der Waals surface area contributed by atoms with E-state index in [1.807, 2.05) is 12.3 Å². The van der Waals surface area contributed by atoms with Gasteiger partial charge in [-0.1, -0.05) is 0 Å². The molecule has 5 heteroatoms. The van der Waals surface area contributed by atoms with E-state index in [0.717, 1.165) is 0 Å². The zero-order valence-corrected chi connectivity index (χ0v) is 9.21. The molecule has 0 spiro atoms. The van der Waals surface area contributed by atoms with Crippen LogP contribution in [0, 0.1) is 5.82 Å². The molecule has 0 amide bonds. The highest BCUT2D eigenvalue weighted by Crippen LogP contribution is 2.19. The van der Waals surface area contributed by atoms with Gasteiger partial charge in [-0.15, -0.1) is 0 Å². The molecule has 2 aromatic rings. The van der Waals surface area contributed by atoms with E-state index in [1.54, 1.807) is 10.9 Å². The van der Waals surface area contributed by atoms with Crippen LogP contribution >= 0.6 is 0 Å². The molecule has 1 aromatic heterocycles. The van der Waals surface area contributed by atoms with Gasteiger partial charge in [-0.25, -0.2) is 4.39 Å². The summed E-state index contributed by atoms with van der Waals surface area (Å²) in [4.78, 5) is 0. The van der Waals surface area contributed by atoms with Crippen molar-refractivity contribution in [2.24, 2.45) is 0 Å². The molecule has 1 N–H and O–H groups in total. The monoisotopic (exact) mass is 236 g/mol. The predicted molar refractivity (Wildman–Crippen MR) is 60.0 cm³/mol. The first-order chi connectivity index (χ1) is 8.29. The second kappa shape index (κ2) is 5.45. The minimum atomic E-state index is -0.381. The lowest BCUT2D eigenvalue weighted by Gasteiger charge is -2.10. The topological polar surface area (TPSA) is 47.3 Å². The van der Waals surface area contributed by atoms with E-state index >= 15 is 0 Å². The number of aromatic nitrogens is 2. The number of benzene rings is 1. The van der Waals surface area contributed by atoms with Crippen molar-refractivity contribution in [2.45, 2.75) is 13.2 Å². The van der Waals surface area contributed by atoms with Crippen molar-refractivity contribution in [2.75, 3.05) is 6.61 Å². The molecule has 0 bridgehead atoms. The Bertz CT molecular complexity index is 471. The standard InChI is InChI=1S/C12H13FN2O2/c13-11-2-3-12(10(8-11)9-16)17-7-6-15-5-1-4-14-15/h1-5,8,16H,6-7,9H2. The SMILES string of the molecule is OCc1cc(F)ccc1OCCn1cccn1. The van der Waals surface area contributed by atoms with Crippen molar-refractivity contribution in [3.8, 4) is 5.75 Å². The molecule has 0 aliphatic rings. The van der Waals surface area contributed by atoms with Gasteiger partial charge in [0, 0.05) is 18.0 Å². The Morgan fingerprint density at radius 3 is 3.00 bits per heavy atom. The maximum atomic E-state index is 12.9. The Morgan fingerprint density at radius 2 is 2.29 bits per heavy atom. The average molecular weight is 236 g/mol. The number of halogens is 1. The second-order valence-corrected chi connectivity index (χ2v) is 3.53. The third-order valence-electron chi connectivity index (χ3n) is 2.33. The van der Waals surface area contributed by atoms with Crippen molar-refractivity contribution < 1.29 is 14.2 Å². The van der Waals surface area contributed by atoms with Crippen LogP contribution in [0.25, 0.3) is 0 Å². The summed E-state index contributed by atoms with van der Waals surface area (Å²) in [6.45, 7) is 0.782. The van der Waals surface area contributed by atoms with E-state index in [9.17, 15) is 4.39 Å². The summed E-state index contributed by atoms with van der Waals surface area (Å²) in [5.74, 6) is 0.120. The fourth-order valence-corrected chi connectivity index (χ4v) is 1.49. The van der Waals surface area contributed by atoms with Gasteiger partial charge >= 0.3 is 0 Å². The molecule has 1 heterocycles. The molecule has 0 saturated carbocycles. The lowest BCUT2D eigenvalue weighted by Crippen LogP contribution is -2.09. The normalized spacial score (nSPS) is 10.5. The quantitative estimate of drug-likeness (QED) is 0.857. The van der Waals surface area contributed by atoms with E-state index in [0.29, 0.717) is 24.5 Å². The Hall–Kier alpha value is -1.88. The molecule has 0 unspecified atom stereocenters. The van der Waals surface area contributed by atoms with Crippen molar-refractivity contribution in [3.05, 3.63) is 48.0 Å². The number of nitrogens with zero attached hydrogens (tertiary/aromatic N) is 2. The van der Waals surface area contributed by atoms with Gasteiger partial charge in [-0.2, -0.15) is 5.10 Å². The summed E-state index contributed by atoms with van der Waals surface area (Å²) in [6, 6.07) is 5.92. The highest BCUT2D eigenvalue weighted by atomic mass is 19.1. The number of rotatable bonds is 5. The molecule has 0 aliphatic carbocycles. The van der Waals surface area contributed by atoms with Crippen molar-refractivity contribution in [3.63, 3.8) is 0 Å². The fourth-order valence-electron chi connectivity index (χ4n) is 1.49. The molecule has 2 rings (SSSR count). The van der Waals surface area contributed by atoms with Crippen LogP contribution < -0.4 is 4.74 Å². The zero-order valence-electron chi connectivity index (χ0n) is 9.21. The van der Waals surface area contributed by atoms with E-state index < -0.39 is 0 Å². The third-order valence-corrected chi connectivity index (χ3v) is 2.33. The molecular formula is C12H13FN2O2. The Morgan fingerprint density at radius 1 is 1.41 bits per heavy atom. The van der Waals surface area contributed by atoms with Crippen LogP contribution in [0.5, 0.6) is 5.75 Å². The second-order valence-electron chi connectivity index (χ2n) is 3.53. The van der Waals surface area contributed by atoms with Gasteiger partial charge in [-0.05, 0) is 24.3 Å². The summed E-state index contributed by atoms with van der Waals surface area (Å²) >= 11 is 0. The van der Waals surface area contributed by atoms with E-state index in [2.05, 4.69) is 5.10 Å². The Labute approximate surface area is 98.3 Å². The maximum absolute atomic E-state index is 12.9. The smallest absolute Gasteiger partial charge is 0.125 e. The van der Waals surface area contributed by atoms with Crippen LogP contribution in [-0.4, -0.2) is 21.5 Å².